The Labute approximate surface area is 110 Å². The van der Waals surface area contributed by atoms with Crippen LogP contribution in [0.5, 0.6) is 0 Å². The topological polar surface area (TPSA) is 33.1 Å². The molecule has 0 spiro atoms. The molecule has 2 aromatic rings. The molecule has 2 nitrogen and oxygen atoms in total. The predicted molar refractivity (Wildman–Crippen MR) is 73.5 cm³/mol. The van der Waals surface area contributed by atoms with Crippen LogP contribution in [0.15, 0.2) is 34.5 Å². The van der Waals surface area contributed by atoms with E-state index in [1.54, 1.807) is 30.0 Å². The fourth-order valence-electron chi connectivity index (χ4n) is 1.47. The molecule has 0 saturated heterocycles. The highest BCUT2D eigenvalue weighted by Crippen LogP contribution is 2.25. The molecule has 0 bridgehead atoms. The Kier molecular flexibility index (Phi) is 4.20. The maximum Gasteiger partial charge on any atom is 0.0897 e. The second-order valence-electron chi connectivity index (χ2n) is 3.89. The number of aliphatic hydroxyl groups is 1. The van der Waals surface area contributed by atoms with Crippen molar-refractivity contribution in [1.29, 1.82) is 0 Å². The van der Waals surface area contributed by atoms with Crippen LogP contribution >= 0.6 is 23.1 Å². The van der Waals surface area contributed by atoms with Crippen LogP contribution < -0.4 is 0 Å². The van der Waals surface area contributed by atoms with Crippen LogP contribution in [0.2, 0.25) is 0 Å². The number of aliphatic hydroxyl groups excluding tert-OH is 1. The van der Waals surface area contributed by atoms with E-state index in [0.29, 0.717) is 0 Å². The van der Waals surface area contributed by atoms with E-state index in [-0.39, 0.29) is 0 Å². The molecule has 0 radical (unpaired) electrons. The first-order valence-corrected chi connectivity index (χ1v) is 7.33. The molecule has 0 amide bonds. The van der Waals surface area contributed by atoms with E-state index < -0.39 is 6.10 Å². The molecule has 1 heterocycles. The molecular weight excluding hydrogens is 250 g/mol. The zero-order valence-electron chi connectivity index (χ0n) is 9.88. The van der Waals surface area contributed by atoms with Crippen molar-refractivity contribution in [2.75, 3.05) is 0 Å². The summed E-state index contributed by atoms with van der Waals surface area (Å²) in [4.78, 5) is 5.64. The van der Waals surface area contributed by atoms with Gasteiger partial charge in [-0.25, -0.2) is 4.98 Å². The summed E-state index contributed by atoms with van der Waals surface area (Å²) in [5.41, 5.74) is 2.09. The third-order valence-electron chi connectivity index (χ3n) is 2.42. The van der Waals surface area contributed by atoms with Gasteiger partial charge in [0.15, 0.2) is 0 Å². The molecule has 17 heavy (non-hydrogen) atoms. The molecule has 2 rings (SSSR count). The molecule has 1 atom stereocenters. The number of thiazole rings is 1. The Hall–Kier alpha value is -0.840. The standard InChI is InChI=1S/C13H15NOS2/c1-9(15)11-3-5-13(6-4-11)17-8-12-7-16-10(2)14-12/h3-7,9,15H,8H2,1-2H3. The van der Waals surface area contributed by atoms with E-state index in [2.05, 4.69) is 10.4 Å². The molecule has 0 aliphatic carbocycles. The maximum absolute atomic E-state index is 9.41. The van der Waals surface area contributed by atoms with E-state index >= 15 is 0 Å². The van der Waals surface area contributed by atoms with Crippen molar-refractivity contribution in [3.05, 3.63) is 45.9 Å². The summed E-state index contributed by atoms with van der Waals surface area (Å²) in [7, 11) is 0. The molecule has 1 unspecified atom stereocenters. The average molecular weight is 265 g/mol. The van der Waals surface area contributed by atoms with E-state index in [1.165, 1.54) is 4.90 Å². The highest BCUT2D eigenvalue weighted by molar-refractivity contribution is 7.98. The second-order valence-corrected chi connectivity index (χ2v) is 6.00. The predicted octanol–water partition coefficient (Wildman–Crippen LogP) is 3.80. The molecular formula is C13H15NOS2. The van der Waals surface area contributed by atoms with Crippen molar-refractivity contribution in [2.24, 2.45) is 0 Å². The van der Waals surface area contributed by atoms with Crippen molar-refractivity contribution in [1.82, 2.24) is 4.98 Å². The number of aromatic nitrogens is 1. The first-order valence-electron chi connectivity index (χ1n) is 5.47. The number of thioether (sulfide) groups is 1. The monoisotopic (exact) mass is 265 g/mol. The first kappa shape index (κ1) is 12.6. The minimum Gasteiger partial charge on any atom is -0.389 e. The molecule has 1 N–H and O–H groups in total. The molecule has 1 aromatic carbocycles. The Balaban J connectivity index is 1.95. The number of benzene rings is 1. The largest absolute Gasteiger partial charge is 0.389 e. The van der Waals surface area contributed by atoms with Crippen LogP contribution in [0.4, 0.5) is 0 Å². The van der Waals surface area contributed by atoms with Gasteiger partial charge in [0.05, 0.1) is 16.8 Å². The fourth-order valence-corrected chi connectivity index (χ4v) is 2.98. The summed E-state index contributed by atoms with van der Waals surface area (Å²) in [6.07, 6.45) is -0.393. The van der Waals surface area contributed by atoms with Crippen LogP contribution in [0, 0.1) is 6.92 Å². The summed E-state index contributed by atoms with van der Waals surface area (Å²) in [6, 6.07) is 8.04. The highest BCUT2D eigenvalue weighted by atomic mass is 32.2. The molecule has 0 aliphatic rings. The first-order chi connectivity index (χ1) is 8.15. The third kappa shape index (κ3) is 3.56. The lowest BCUT2D eigenvalue weighted by Gasteiger charge is -2.05. The number of rotatable bonds is 4. The maximum atomic E-state index is 9.41. The van der Waals surface area contributed by atoms with Crippen molar-refractivity contribution >= 4 is 23.1 Å². The summed E-state index contributed by atoms with van der Waals surface area (Å²) >= 11 is 3.46. The van der Waals surface area contributed by atoms with Crippen molar-refractivity contribution in [3.8, 4) is 0 Å². The van der Waals surface area contributed by atoms with Crippen LogP contribution in [0.25, 0.3) is 0 Å². The van der Waals surface area contributed by atoms with Gasteiger partial charge >= 0.3 is 0 Å². The normalized spacial score (nSPS) is 12.6. The highest BCUT2D eigenvalue weighted by Gasteiger charge is 2.02. The third-order valence-corrected chi connectivity index (χ3v) is 4.28. The van der Waals surface area contributed by atoms with Gasteiger partial charge in [-0.15, -0.1) is 23.1 Å². The summed E-state index contributed by atoms with van der Waals surface area (Å²) in [5.74, 6) is 0.901. The molecule has 1 aromatic heterocycles. The zero-order chi connectivity index (χ0) is 12.3. The number of nitrogens with zero attached hydrogens (tertiary/aromatic N) is 1. The van der Waals surface area contributed by atoms with Gasteiger partial charge < -0.3 is 5.11 Å². The minimum absolute atomic E-state index is 0.393. The molecule has 0 aliphatic heterocycles. The SMILES string of the molecule is Cc1nc(CSc2ccc(C(C)O)cc2)cs1. The molecule has 90 valence electrons. The number of hydrogen-bond acceptors (Lipinski definition) is 4. The Morgan fingerprint density at radius 1 is 1.35 bits per heavy atom. The fraction of sp³-hybridized carbons (Fsp3) is 0.308. The van der Waals surface area contributed by atoms with Gasteiger partial charge in [-0.1, -0.05) is 12.1 Å². The lowest BCUT2D eigenvalue weighted by atomic mass is 10.1. The molecule has 4 heteroatoms. The molecule has 0 saturated carbocycles. The van der Waals surface area contributed by atoms with Crippen molar-refractivity contribution < 1.29 is 5.11 Å². The van der Waals surface area contributed by atoms with Gasteiger partial charge in [-0.05, 0) is 31.5 Å². The lowest BCUT2D eigenvalue weighted by Crippen LogP contribution is -1.89. The van der Waals surface area contributed by atoms with Crippen LogP contribution in [0.1, 0.15) is 29.3 Å². The van der Waals surface area contributed by atoms with Gasteiger partial charge in [-0.2, -0.15) is 0 Å². The van der Waals surface area contributed by atoms with E-state index in [0.717, 1.165) is 22.0 Å². The lowest BCUT2D eigenvalue weighted by molar-refractivity contribution is 0.199. The Morgan fingerprint density at radius 2 is 2.06 bits per heavy atom. The zero-order valence-corrected chi connectivity index (χ0v) is 11.5. The Morgan fingerprint density at radius 3 is 2.59 bits per heavy atom. The van der Waals surface area contributed by atoms with E-state index in [9.17, 15) is 5.11 Å². The van der Waals surface area contributed by atoms with Crippen LogP contribution in [0.3, 0.4) is 0 Å². The quantitative estimate of drug-likeness (QED) is 0.854. The minimum atomic E-state index is -0.393. The van der Waals surface area contributed by atoms with Gasteiger partial charge in [0.1, 0.15) is 0 Å². The number of aryl methyl sites for hydroxylation is 1. The van der Waals surface area contributed by atoms with Gasteiger partial charge in [0.2, 0.25) is 0 Å². The second kappa shape index (κ2) is 5.67. The van der Waals surface area contributed by atoms with Crippen molar-refractivity contribution in [3.63, 3.8) is 0 Å². The van der Waals surface area contributed by atoms with Crippen molar-refractivity contribution in [2.45, 2.75) is 30.6 Å². The van der Waals surface area contributed by atoms with Crippen LogP contribution in [-0.2, 0) is 5.75 Å². The Bertz CT molecular complexity index is 476. The average Bonchev–Trinajstić information content (AvgIpc) is 2.73. The number of hydrogen-bond donors (Lipinski definition) is 1. The summed E-state index contributed by atoms with van der Waals surface area (Å²) in [6.45, 7) is 3.80. The van der Waals surface area contributed by atoms with E-state index in [4.69, 9.17) is 0 Å². The summed E-state index contributed by atoms with van der Waals surface area (Å²) in [5, 5.41) is 12.6. The van der Waals surface area contributed by atoms with Gasteiger partial charge in [0.25, 0.3) is 0 Å². The van der Waals surface area contributed by atoms with E-state index in [1.807, 2.05) is 31.2 Å². The van der Waals surface area contributed by atoms with Crippen LogP contribution in [-0.4, -0.2) is 10.1 Å². The smallest absolute Gasteiger partial charge is 0.0897 e. The van der Waals surface area contributed by atoms with Gasteiger partial charge in [0, 0.05) is 16.0 Å². The van der Waals surface area contributed by atoms with Gasteiger partial charge in [-0.3, -0.25) is 0 Å². The summed E-state index contributed by atoms with van der Waals surface area (Å²) < 4.78 is 0. The molecule has 0 fully saturated rings.